The van der Waals surface area contributed by atoms with Gasteiger partial charge in [0.05, 0.1) is 11.2 Å². The highest BCUT2D eigenvalue weighted by molar-refractivity contribution is 8.00. The van der Waals surface area contributed by atoms with Gasteiger partial charge in [-0.15, -0.1) is 0 Å². The molecule has 104 valence electrons. The maximum absolute atomic E-state index is 12.7. The van der Waals surface area contributed by atoms with E-state index in [2.05, 4.69) is 5.32 Å². The standard InChI is InChI=1S/C13H16FNO3S/c1-13(2,12(17)18)8-19-7-11(16)15-10-5-3-9(14)4-6-10/h3-6H,7-8H2,1-2H3,(H,15,16)(H,17,18). The van der Waals surface area contributed by atoms with E-state index in [9.17, 15) is 14.0 Å². The fourth-order valence-corrected chi connectivity index (χ4v) is 2.18. The summed E-state index contributed by atoms with van der Waals surface area (Å²) in [7, 11) is 0. The van der Waals surface area contributed by atoms with E-state index in [1.165, 1.54) is 36.0 Å². The molecule has 1 amide bonds. The Labute approximate surface area is 115 Å². The zero-order valence-electron chi connectivity index (χ0n) is 10.8. The van der Waals surface area contributed by atoms with Gasteiger partial charge in [-0.2, -0.15) is 11.8 Å². The first-order valence-corrected chi connectivity index (χ1v) is 6.83. The highest BCUT2D eigenvalue weighted by Gasteiger charge is 2.27. The highest BCUT2D eigenvalue weighted by Crippen LogP contribution is 2.22. The SMILES string of the molecule is CC(C)(CSCC(=O)Nc1ccc(F)cc1)C(=O)O. The van der Waals surface area contributed by atoms with E-state index >= 15 is 0 Å². The molecule has 0 atom stereocenters. The molecular weight excluding hydrogens is 269 g/mol. The number of nitrogens with one attached hydrogen (secondary N) is 1. The lowest BCUT2D eigenvalue weighted by Crippen LogP contribution is -2.27. The number of halogens is 1. The number of carboxylic acid groups (broad SMARTS) is 1. The fourth-order valence-electron chi connectivity index (χ4n) is 1.19. The molecule has 4 nitrogen and oxygen atoms in total. The van der Waals surface area contributed by atoms with E-state index in [4.69, 9.17) is 5.11 Å². The summed E-state index contributed by atoms with van der Waals surface area (Å²) in [6, 6.07) is 5.46. The van der Waals surface area contributed by atoms with Gasteiger partial charge in [0, 0.05) is 11.4 Å². The number of carbonyl (C=O) groups excluding carboxylic acids is 1. The predicted octanol–water partition coefficient (Wildman–Crippen LogP) is 2.61. The van der Waals surface area contributed by atoms with Crippen LogP contribution in [0.4, 0.5) is 10.1 Å². The van der Waals surface area contributed by atoms with Gasteiger partial charge < -0.3 is 10.4 Å². The second-order valence-electron chi connectivity index (χ2n) is 4.74. The molecule has 1 rings (SSSR count). The first-order chi connectivity index (χ1) is 8.81. The molecule has 0 saturated heterocycles. The molecule has 6 heteroatoms. The van der Waals surface area contributed by atoms with Gasteiger partial charge >= 0.3 is 5.97 Å². The van der Waals surface area contributed by atoms with Gasteiger partial charge in [0.1, 0.15) is 5.82 Å². The van der Waals surface area contributed by atoms with Crippen LogP contribution in [0.1, 0.15) is 13.8 Å². The Morgan fingerprint density at radius 2 is 1.89 bits per heavy atom. The number of carboxylic acids is 1. The third-order valence-electron chi connectivity index (χ3n) is 2.40. The van der Waals surface area contributed by atoms with Crippen molar-refractivity contribution in [2.75, 3.05) is 16.8 Å². The number of benzene rings is 1. The van der Waals surface area contributed by atoms with Crippen molar-refractivity contribution in [1.82, 2.24) is 0 Å². The Bertz CT molecular complexity index is 459. The third-order valence-corrected chi connectivity index (χ3v) is 3.80. The van der Waals surface area contributed by atoms with Gasteiger partial charge in [-0.25, -0.2) is 4.39 Å². The van der Waals surface area contributed by atoms with Crippen LogP contribution in [0.15, 0.2) is 24.3 Å². The maximum atomic E-state index is 12.7. The maximum Gasteiger partial charge on any atom is 0.309 e. The van der Waals surface area contributed by atoms with Crippen LogP contribution in [-0.2, 0) is 9.59 Å². The van der Waals surface area contributed by atoms with Crippen LogP contribution in [0.2, 0.25) is 0 Å². The van der Waals surface area contributed by atoms with E-state index in [1.807, 2.05) is 0 Å². The predicted molar refractivity (Wildman–Crippen MR) is 73.8 cm³/mol. The van der Waals surface area contributed by atoms with Crippen molar-refractivity contribution in [3.63, 3.8) is 0 Å². The number of hydrogen-bond acceptors (Lipinski definition) is 3. The van der Waals surface area contributed by atoms with E-state index in [-0.39, 0.29) is 17.5 Å². The number of rotatable bonds is 6. The molecule has 0 saturated carbocycles. The smallest absolute Gasteiger partial charge is 0.309 e. The second kappa shape index (κ2) is 6.56. The minimum Gasteiger partial charge on any atom is -0.481 e. The Kier molecular flexibility index (Phi) is 5.35. The molecule has 0 radical (unpaired) electrons. The number of amides is 1. The lowest BCUT2D eigenvalue weighted by atomic mass is 9.97. The normalized spacial score (nSPS) is 11.1. The van der Waals surface area contributed by atoms with Crippen molar-refractivity contribution < 1.29 is 19.1 Å². The highest BCUT2D eigenvalue weighted by atomic mass is 32.2. The summed E-state index contributed by atoms with van der Waals surface area (Å²) in [6.45, 7) is 3.22. The quantitative estimate of drug-likeness (QED) is 0.843. The fraction of sp³-hybridized carbons (Fsp3) is 0.385. The molecule has 0 aromatic heterocycles. The van der Waals surface area contributed by atoms with Crippen molar-refractivity contribution >= 4 is 29.3 Å². The summed E-state index contributed by atoms with van der Waals surface area (Å²) in [4.78, 5) is 22.5. The largest absolute Gasteiger partial charge is 0.481 e. The van der Waals surface area contributed by atoms with Crippen molar-refractivity contribution in [3.05, 3.63) is 30.1 Å². The Morgan fingerprint density at radius 3 is 2.42 bits per heavy atom. The zero-order chi connectivity index (χ0) is 14.5. The van der Waals surface area contributed by atoms with Crippen LogP contribution in [0.3, 0.4) is 0 Å². The molecule has 19 heavy (non-hydrogen) atoms. The van der Waals surface area contributed by atoms with Crippen LogP contribution in [0, 0.1) is 11.2 Å². The minimum atomic E-state index is -0.890. The Morgan fingerprint density at radius 1 is 1.32 bits per heavy atom. The van der Waals surface area contributed by atoms with Gasteiger partial charge in [0.25, 0.3) is 0 Å². The topological polar surface area (TPSA) is 66.4 Å². The van der Waals surface area contributed by atoms with Crippen LogP contribution in [-0.4, -0.2) is 28.5 Å². The summed E-state index contributed by atoms with van der Waals surface area (Å²) in [5, 5.41) is 11.5. The van der Waals surface area contributed by atoms with E-state index < -0.39 is 11.4 Å². The Balaban J connectivity index is 2.36. The number of anilines is 1. The summed E-state index contributed by atoms with van der Waals surface area (Å²) < 4.78 is 12.7. The summed E-state index contributed by atoms with van der Waals surface area (Å²) in [6.07, 6.45) is 0. The van der Waals surface area contributed by atoms with Gasteiger partial charge in [0.2, 0.25) is 5.91 Å². The zero-order valence-corrected chi connectivity index (χ0v) is 11.6. The van der Waals surface area contributed by atoms with Crippen molar-refractivity contribution in [3.8, 4) is 0 Å². The summed E-state index contributed by atoms with van der Waals surface area (Å²) in [5.41, 5.74) is -0.342. The first-order valence-electron chi connectivity index (χ1n) is 5.68. The van der Waals surface area contributed by atoms with Gasteiger partial charge in [-0.1, -0.05) is 0 Å². The number of thioether (sulfide) groups is 1. The molecular formula is C13H16FNO3S. The van der Waals surface area contributed by atoms with Gasteiger partial charge in [-0.3, -0.25) is 9.59 Å². The van der Waals surface area contributed by atoms with E-state index in [0.29, 0.717) is 11.4 Å². The first kappa shape index (κ1) is 15.5. The van der Waals surface area contributed by atoms with Crippen molar-refractivity contribution in [2.24, 2.45) is 5.41 Å². The lowest BCUT2D eigenvalue weighted by molar-refractivity contribution is -0.145. The minimum absolute atomic E-state index is 0.161. The molecule has 0 unspecified atom stereocenters. The van der Waals surface area contributed by atoms with Crippen LogP contribution >= 0.6 is 11.8 Å². The molecule has 0 aliphatic heterocycles. The van der Waals surface area contributed by atoms with Gasteiger partial charge in [-0.05, 0) is 38.1 Å². The number of carbonyl (C=O) groups is 2. The third kappa shape index (κ3) is 5.30. The molecule has 1 aromatic carbocycles. The molecule has 0 aliphatic rings. The van der Waals surface area contributed by atoms with Crippen LogP contribution in [0.25, 0.3) is 0 Å². The lowest BCUT2D eigenvalue weighted by Gasteiger charge is -2.17. The van der Waals surface area contributed by atoms with Gasteiger partial charge in [0.15, 0.2) is 0 Å². The second-order valence-corrected chi connectivity index (χ2v) is 5.72. The van der Waals surface area contributed by atoms with E-state index in [1.54, 1.807) is 13.8 Å². The molecule has 0 spiro atoms. The molecule has 0 fully saturated rings. The average molecular weight is 285 g/mol. The average Bonchev–Trinajstić information content (AvgIpc) is 2.31. The summed E-state index contributed by atoms with van der Waals surface area (Å²) >= 11 is 1.25. The Hall–Kier alpha value is -1.56. The summed E-state index contributed by atoms with van der Waals surface area (Å²) in [5.74, 6) is -0.986. The van der Waals surface area contributed by atoms with Crippen molar-refractivity contribution in [2.45, 2.75) is 13.8 Å². The molecule has 0 aliphatic carbocycles. The van der Waals surface area contributed by atoms with E-state index in [0.717, 1.165) is 0 Å². The molecule has 1 aromatic rings. The van der Waals surface area contributed by atoms with Crippen LogP contribution in [0.5, 0.6) is 0 Å². The monoisotopic (exact) mass is 285 g/mol. The van der Waals surface area contributed by atoms with Crippen molar-refractivity contribution in [1.29, 1.82) is 0 Å². The molecule has 0 bridgehead atoms. The molecule has 2 N–H and O–H groups in total. The number of hydrogen-bond donors (Lipinski definition) is 2. The number of aliphatic carboxylic acids is 1. The molecule has 0 heterocycles. The van der Waals surface area contributed by atoms with Crippen LogP contribution < -0.4 is 5.32 Å².